The van der Waals surface area contributed by atoms with E-state index in [2.05, 4.69) is 4.90 Å². The molecular weight excluding hydrogens is 257 g/mol. The summed E-state index contributed by atoms with van der Waals surface area (Å²) in [6, 6.07) is 6.61. The van der Waals surface area contributed by atoms with Crippen LogP contribution in [0.2, 0.25) is 0 Å². The molecule has 1 heterocycles. The summed E-state index contributed by atoms with van der Waals surface area (Å²) in [4.78, 5) is 16.0. The molecule has 1 aliphatic rings. The summed E-state index contributed by atoms with van der Waals surface area (Å²) in [5, 5.41) is 0. The van der Waals surface area contributed by atoms with E-state index in [1.807, 2.05) is 17.0 Å². The maximum absolute atomic E-state index is 12.9. The highest BCUT2D eigenvalue weighted by Gasteiger charge is 2.18. The van der Waals surface area contributed by atoms with Gasteiger partial charge in [-0.3, -0.25) is 9.69 Å². The lowest BCUT2D eigenvalue weighted by atomic mass is 10.2. The Hall–Kier alpha value is -1.46. The molecule has 0 aliphatic carbocycles. The Bertz CT molecular complexity index is 435. The van der Waals surface area contributed by atoms with Gasteiger partial charge in [0.15, 0.2) is 0 Å². The SMILES string of the molecule is NCCC(=O)N1CCCN(Cc2ccc(F)cc2)CC1. The van der Waals surface area contributed by atoms with Crippen molar-refractivity contribution in [2.75, 3.05) is 32.7 Å². The van der Waals surface area contributed by atoms with Crippen LogP contribution in [0.3, 0.4) is 0 Å². The molecule has 2 rings (SSSR count). The number of carbonyl (C=O) groups excluding carboxylic acids is 1. The standard InChI is InChI=1S/C15H22FN3O/c16-14-4-2-13(3-5-14)12-18-8-1-9-19(11-10-18)15(20)6-7-17/h2-5H,1,6-12,17H2. The summed E-state index contributed by atoms with van der Waals surface area (Å²) in [5.41, 5.74) is 6.53. The van der Waals surface area contributed by atoms with E-state index in [4.69, 9.17) is 5.73 Å². The van der Waals surface area contributed by atoms with E-state index in [9.17, 15) is 9.18 Å². The molecule has 0 radical (unpaired) electrons. The molecule has 0 bridgehead atoms. The molecule has 1 saturated heterocycles. The normalized spacial score (nSPS) is 17.0. The van der Waals surface area contributed by atoms with Crippen LogP contribution in [0.5, 0.6) is 0 Å². The Balaban J connectivity index is 1.86. The summed E-state index contributed by atoms with van der Waals surface area (Å²) in [6.07, 6.45) is 1.40. The molecule has 1 fully saturated rings. The average molecular weight is 279 g/mol. The topological polar surface area (TPSA) is 49.6 Å². The number of nitrogens with two attached hydrogens (primary N) is 1. The molecule has 0 spiro atoms. The summed E-state index contributed by atoms with van der Waals surface area (Å²) in [6.45, 7) is 4.59. The minimum Gasteiger partial charge on any atom is -0.341 e. The first kappa shape index (κ1) is 14.9. The molecule has 20 heavy (non-hydrogen) atoms. The van der Waals surface area contributed by atoms with Crippen molar-refractivity contribution in [3.8, 4) is 0 Å². The van der Waals surface area contributed by atoms with Crippen molar-refractivity contribution in [3.63, 3.8) is 0 Å². The molecule has 0 saturated carbocycles. The Morgan fingerprint density at radius 1 is 1.15 bits per heavy atom. The second kappa shape index (κ2) is 7.36. The largest absolute Gasteiger partial charge is 0.341 e. The van der Waals surface area contributed by atoms with E-state index in [1.54, 1.807) is 0 Å². The average Bonchev–Trinajstić information content (AvgIpc) is 2.67. The van der Waals surface area contributed by atoms with E-state index >= 15 is 0 Å². The number of amides is 1. The van der Waals surface area contributed by atoms with Gasteiger partial charge >= 0.3 is 0 Å². The maximum Gasteiger partial charge on any atom is 0.223 e. The third kappa shape index (κ3) is 4.28. The van der Waals surface area contributed by atoms with Gasteiger partial charge in [0.1, 0.15) is 5.82 Å². The molecule has 1 aromatic carbocycles. The minimum absolute atomic E-state index is 0.149. The third-order valence-corrected chi connectivity index (χ3v) is 3.62. The van der Waals surface area contributed by atoms with Gasteiger partial charge in [0.2, 0.25) is 5.91 Å². The van der Waals surface area contributed by atoms with Gasteiger partial charge in [-0.15, -0.1) is 0 Å². The summed E-state index contributed by atoms with van der Waals surface area (Å²) >= 11 is 0. The van der Waals surface area contributed by atoms with E-state index in [0.717, 1.165) is 44.7 Å². The van der Waals surface area contributed by atoms with Gasteiger partial charge in [0.25, 0.3) is 0 Å². The second-order valence-corrected chi connectivity index (χ2v) is 5.18. The smallest absolute Gasteiger partial charge is 0.223 e. The Morgan fingerprint density at radius 2 is 1.90 bits per heavy atom. The zero-order chi connectivity index (χ0) is 14.4. The van der Waals surface area contributed by atoms with Crippen LogP contribution in [-0.4, -0.2) is 48.4 Å². The Labute approximate surface area is 119 Å². The maximum atomic E-state index is 12.9. The molecule has 0 unspecified atom stereocenters. The lowest BCUT2D eigenvalue weighted by molar-refractivity contribution is -0.130. The van der Waals surface area contributed by atoms with Gasteiger partial charge in [-0.05, 0) is 24.1 Å². The molecule has 1 aliphatic heterocycles. The first-order chi connectivity index (χ1) is 9.69. The van der Waals surface area contributed by atoms with Gasteiger partial charge in [0, 0.05) is 45.7 Å². The quantitative estimate of drug-likeness (QED) is 0.901. The highest BCUT2D eigenvalue weighted by Crippen LogP contribution is 2.10. The van der Waals surface area contributed by atoms with E-state index in [1.165, 1.54) is 12.1 Å². The Morgan fingerprint density at radius 3 is 2.60 bits per heavy atom. The number of halogens is 1. The van der Waals surface area contributed by atoms with Crippen LogP contribution in [0, 0.1) is 5.82 Å². The van der Waals surface area contributed by atoms with Crippen LogP contribution in [0.15, 0.2) is 24.3 Å². The second-order valence-electron chi connectivity index (χ2n) is 5.18. The number of carbonyl (C=O) groups is 1. The highest BCUT2D eigenvalue weighted by atomic mass is 19.1. The zero-order valence-corrected chi connectivity index (χ0v) is 11.7. The lowest BCUT2D eigenvalue weighted by Crippen LogP contribution is -2.35. The minimum atomic E-state index is -0.205. The van der Waals surface area contributed by atoms with Crippen LogP contribution in [0.25, 0.3) is 0 Å². The van der Waals surface area contributed by atoms with Crippen LogP contribution in [-0.2, 0) is 11.3 Å². The van der Waals surface area contributed by atoms with Gasteiger partial charge in [-0.25, -0.2) is 4.39 Å². The molecule has 1 aromatic rings. The first-order valence-corrected chi connectivity index (χ1v) is 7.13. The van der Waals surface area contributed by atoms with Gasteiger partial charge in [0.05, 0.1) is 0 Å². The molecule has 1 amide bonds. The van der Waals surface area contributed by atoms with Crippen molar-refractivity contribution in [2.45, 2.75) is 19.4 Å². The summed E-state index contributed by atoms with van der Waals surface area (Å²) in [5.74, 6) is -0.0562. The molecule has 4 nitrogen and oxygen atoms in total. The van der Waals surface area contributed by atoms with Crippen molar-refractivity contribution in [1.29, 1.82) is 0 Å². The molecular formula is C15H22FN3O. The summed E-state index contributed by atoms with van der Waals surface area (Å²) < 4.78 is 12.9. The van der Waals surface area contributed by atoms with Crippen molar-refractivity contribution in [2.24, 2.45) is 5.73 Å². The fraction of sp³-hybridized carbons (Fsp3) is 0.533. The van der Waals surface area contributed by atoms with Crippen molar-refractivity contribution in [1.82, 2.24) is 9.80 Å². The van der Waals surface area contributed by atoms with Crippen molar-refractivity contribution < 1.29 is 9.18 Å². The fourth-order valence-electron chi connectivity index (χ4n) is 2.51. The highest BCUT2D eigenvalue weighted by molar-refractivity contribution is 5.76. The number of benzene rings is 1. The predicted octanol–water partition coefficient (Wildman–Crippen LogP) is 1.21. The summed E-state index contributed by atoms with van der Waals surface area (Å²) in [7, 11) is 0. The predicted molar refractivity (Wildman–Crippen MR) is 76.5 cm³/mol. The van der Waals surface area contributed by atoms with E-state index < -0.39 is 0 Å². The van der Waals surface area contributed by atoms with Crippen LogP contribution in [0.1, 0.15) is 18.4 Å². The van der Waals surface area contributed by atoms with Crippen LogP contribution >= 0.6 is 0 Å². The molecule has 0 aromatic heterocycles. The fourth-order valence-corrected chi connectivity index (χ4v) is 2.51. The van der Waals surface area contributed by atoms with E-state index in [-0.39, 0.29) is 11.7 Å². The monoisotopic (exact) mass is 279 g/mol. The molecule has 5 heteroatoms. The molecule has 2 N–H and O–H groups in total. The van der Waals surface area contributed by atoms with Crippen molar-refractivity contribution in [3.05, 3.63) is 35.6 Å². The third-order valence-electron chi connectivity index (χ3n) is 3.62. The molecule has 110 valence electrons. The van der Waals surface area contributed by atoms with Gasteiger partial charge in [-0.2, -0.15) is 0 Å². The number of hydrogen-bond acceptors (Lipinski definition) is 3. The number of hydrogen-bond donors (Lipinski definition) is 1. The van der Waals surface area contributed by atoms with Crippen molar-refractivity contribution >= 4 is 5.91 Å². The Kier molecular flexibility index (Phi) is 5.49. The molecule has 0 atom stereocenters. The number of rotatable bonds is 4. The number of nitrogens with zero attached hydrogens (tertiary/aromatic N) is 2. The van der Waals surface area contributed by atoms with Crippen LogP contribution < -0.4 is 5.73 Å². The lowest BCUT2D eigenvalue weighted by Gasteiger charge is -2.22. The van der Waals surface area contributed by atoms with Crippen LogP contribution in [0.4, 0.5) is 4.39 Å². The zero-order valence-electron chi connectivity index (χ0n) is 11.7. The first-order valence-electron chi connectivity index (χ1n) is 7.13. The van der Waals surface area contributed by atoms with Gasteiger partial charge < -0.3 is 10.6 Å². The van der Waals surface area contributed by atoms with E-state index in [0.29, 0.717) is 13.0 Å². The van der Waals surface area contributed by atoms with Gasteiger partial charge in [-0.1, -0.05) is 12.1 Å².